The van der Waals surface area contributed by atoms with Crippen LogP contribution in [0.25, 0.3) is 0 Å². The van der Waals surface area contributed by atoms with E-state index in [9.17, 15) is 9.59 Å². The Morgan fingerprint density at radius 3 is 2.20 bits per heavy atom. The average Bonchev–Trinajstić information content (AvgIpc) is 1.88. The van der Waals surface area contributed by atoms with E-state index in [0.717, 1.165) is 0 Å². The summed E-state index contributed by atoms with van der Waals surface area (Å²) in [7, 11) is 0. The smallest absolute Gasteiger partial charge is 0.166 e. The van der Waals surface area contributed by atoms with Gasteiger partial charge in [0.05, 0.1) is 5.57 Å². The van der Waals surface area contributed by atoms with Crippen molar-refractivity contribution in [2.24, 2.45) is 0 Å². The summed E-state index contributed by atoms with van der Waals surface area (Å²) in [6, 6.07) is 0. The van der Waals surface area contributed by atoms with Crippen molar-refractivity contribution in [2.75, 3.05) is 0 Å². The van der Waals surface area contributed by atoms with Gasteiger partial charge in [-0.25, -0.2) is 0 Å². The lowest BCUT2D eigenvalue weighted by Crippen LogP contribution is -2.02. The van der Waals surface area contributed by atoms with Gasteiger partial charge in [-0.05, 0) is 6.92 Å². The third kappa shape index (κ3) is 2.01. The highest BCUT2D eigenvalue weighted by atomic mass is 16.3. The Hall–Kier alpha value is -1.12. The van der Waals surface area contributed by atoms with Crippen LogP contribution in [0.4, 0.5) is 0 Å². The van der Waals surface area contributed by atoms with E-state index in [0.29, 0.717) is 12.7 Å². The fourth-order valence-electron chi connectivity index (χ4n) is 0.545. The van der Waals surface area contributed by atoms with E-state index in [4.69, 9.17) is 5.11 Å². The summed E-state index contributed by atoms with van der Waals surface area (Å²) in [5.74, 6) is -0.531. The molecule has 0 saturated heterocycles. The molecule has 0 aromatic carbocycles. The first-order chi connectivity index (χ1) is 4.63. The number of allylic oxidation sites excluding steroid dienone is 2. The van der Waals surface area contributed by atoms with Gasteiger partial charge < -0.3 is 5.11 Å². The Morgan fingerprint density at radius 1 is 1.60 bits per heavy atom. The third-order valence-electron chi connectivity index (χ3n) is 1.14. The molecule has 0 rings (SSSR count). The molecule has 0 spiro atoms. The van der Waals surface area contributed by atoms with Gasteiger partial charge in [0.2, 0.25) is 0 Å². The maximum Gasteiger partial charge on any atom is 0.166 e. The van der Waals surface area contributed by atoms with Gasteiger partial charge in [-0.2, -0.15) is 0 Å². The van der Waals surface area contributed by atoms with Crippen LogP contribution in [0, 0.1) is 0 Å². The Kier molecular flexibility index (Phi) is 3.39. The molecule has 0 saturated carbocycles. The Labute approximate surface area is 59.4 Å². The van der Waals surface area contributed by atoms with Crippen molar-refractivity contribution in [2.45, 2.75) is 20.3 Å². The predicted octanol–water partition coefficient (Wildman–Crippen LogP) is 0.996. The number of ketones is 1. The minimum Gasteiger partial charge on any atom is -0.511 e. The molecule has 0 radical (unpaired) electrons. The maximum absolute atomic E-state index is 10.5. The standard InChI is InChI=1S/C7H10O3/c1-3-7(10)6(4-8)5(2)9/h4,10H,3H2,1-2H3/b7-6+. The van der Waals surface area contributed by atoms with Gasteiger partial charge in [0.1, 0.15) is 5.76 Å². The van der Waals surface area contributed by atoms with E-state index in [1.165, 1.54) is 6.92 Å². The van der Waals surface area contributed by atoms with Crippen LogP contribution in [-0.2, 0) is 9.59 Å². The number of hydrogen-bond acceptors (Lipinski definition) is 3. The van der Waals surface area contributed by atoms with E-state index in [1.807, 2.05) is 0 Å². The van der Waals surface area contributed by atoms with Crippen molar-refractivity contribution in [1.82, 2.24) is 0 Å². The van der Waals surface area contributed by atoms with Gasteiger partial charge in [-0.3, -0.25) is 9.59 Å². The number of Topliss-reactive ketones (excluding diaryl/α,β-unsaturated/α-hetero) is 1. The first kappa shape index (κ1) is 8.88. The Morgan fingerprint density at radius 2 is 2.10 bits per heavy atom. The minimum atomic E-state index is -0.394. The summed E-state index contributed by atoms with van der Waals surface area (Å²) >= 11 is 0. The molecule has 0 fully saturated rings. The molecular weight excluding hydrogens is 132 g/mol. The molecular formula is C7H10O3. The molecule has 0 aromatic rings. The van der Waals surface area contributed by atoms with Crippen molar-refractivity contribution >= 4 is 12.1 Å². The van der Waals surface area contributed by atoms with E-state index < -0.39 is 5.78 Å². The van der Waals surface area contributed by atoms with Crippen LogP contribution in [0.5, 0.6) is 0 Å². The second-order valence-corrected chi connectivity index (χ2v) is 1.89. The van der Waals surface area contributed by atoms with Crippen molar-refractivity contribution in [1.29, 1.82) is 0 Å². The van der Waals surface area contributed by atoms with Crippen LogP contribution in [0.1, 0.15) is 20.3 Å². The highest BCUT2D eigenvalue weighted by Crippen LogP contribution is 2.02. The lowest BCUT2D eigenvalue weighted by atomic mass is 10.1. The van der Waals surface area contributed by atoms with Crippen LogP contribution in [0.2, 0.25) is 0 Å². The first-order valence-corrected chi connectivity index (χ1v) is 3.01. The number of aliphatic hydroxyl groups is 1. The fourth-order valence-corrected chi connectivity index (χ4v) is 0.545. The highest BCUT2D eigenvalue weighted by Gasteiger charge is 2.06. The van der Waals surface area contributed by atoms with Crippen molar-refractivity contribution in [3.63, 3.8) is 0 Å². The van der Waals surface area contributed by atoms with Crippen LogP contribution in [0.3, 0.4) is 0 Å². The first-order valence-electron chi connectivity index (χ1n) is 3.01. The number of aldehydes is 1. The zero-order chi connectivity index (χ0) is 8.15. The monoisotopic (exact) mass is 142 g/mol. The van der Waals surface area contributed by atoms with Crippen LogP contribution >= 0.6 is 0 Å². The molecule has 3 heteroatoms. The summed E-state index contributed by atoms with van der Waals surface area (Å²) in [5.41, 5.74) is -0.123. The molecule has 3 nitrogen and oxygen atoms in total. The summed E-state index contributed by atoms with van der Waals surface area (Å²) in [6.07, 6.45) is 0.689. The van der Waals surface area contributed by atoms with Gasteiger partial charge in [-0.1, -0.05) is 6.92 Å². The third-order valence-corrected chi connectivity index (χ3v) is 1.14. The molecule has 0 heterocycles. The topological polar surface area (TPSA) is 54.4 Å². The van der Waals surface area contributed by atoms with Crippen LogP contribution < -0.4 is 0 Å². The second-order valence-electron chi connectivity index (χ2n) is 1.89. The normalized spacial score (nSPS) is 12.2. The Bertz CT molecular complexity index is 179. The van der Waals surface area contributed by atoms with Crippen molar-refractivity contribution in [3.8, 4) is 0 Å². The van der Waals surface area contributed by atoms with Gasteiger partial charge >= 0.3 is 0 Å². The van der Waals surface area contributed by atoms with Crippen LogP contribution in [-0.4, -0.2) is 17.2 Å². The SMILES string of the molecule is CC/C(O)=C(/C=O)C(C)=O. The Balaban J connectivity index is 4.62. The van der Waals surface area contributed by atoms with E-state index in [2.05, 4.69) is 0 Å². The second kappa shape index (κ2) is 3.82. The largest absolute Gasteiger partial charge is 0.511 e. The molecule has 0 aliphatic heterocycles. The van der Waals surface area contributed by atoms with Gasteiger partial charge in [0.25, 0.3) is 0 Å². The summed E-state index contributed by atoms with van der Waals surface area (Å²) in [4.78, 5) is 20.6. The minimum absolute atomic E-state index is 0.123. The van der Waals surface area contributed by atoms with Crippen LogP contribution in [0.15, 0.2) is 11.3 Å². The van der Waals surface area contributed by atoms with Crippen molar-refractivity contribution in [3.05, 3.63) is 11.3 Å². The van der Waals surface area contributed by atoms with E-state index in [1.54, 1.807) is 6.92 Å². The fraction of sp³-hybridized carbons (Fsp3) is 0.429. The van der Waals surface area contributed by atoms with Gasteiger partial charge in [0, 0.05) is 6.42 Å². The molecule has 0 amide bonds. The zero-order valence-electron chi connectivity index (χ0n) is 6.05. The lowest BCUT2D eigenvalue weighted by molar-refractivity contribution is -0.116. The molecule has 0 aliphatic carbocycles. The number of hydrogen-bond donors (Lipinski definition) is 1. The molecule has 0 aliphatic rings. The molecule has 56 valence electrons. The quantitative estimate of drug-likeness (QED) is 0.210. The summed E-state index contributed by atoms with van der Waals surface area (Å²) in [5, 5.41) is 8.92. The summed E-state index contributed by atoms with van der Waals surface area (Å²) < 4.78 is 0. The van der Waals surface area contributed by atoms with Crippen molar-refractivity contribution < 1.29 is 14.7 Å². The molecule has 0 atom stereocenters. The summed E-state index contributed by atoms with van der Waals surface area (Å²) in [6.45, 7) is 2.91. The van der Waals surface area contributed by atoms with Gasteiger partial charge in [0.15, 0.2) is 12.1 Å². The molecule has 1 N–H and O–H groups in total. The molecule has 0 aromatic heterocycles. The number of carbonyl (C=O) groups excluding carboxylic acids is 2. The number of aliphatic hydroxyl groups excluding tert-OH is 1. The molecule has 10 heavy (non-hydrogen) atoms. The molecule has 0 unspecified atom stereocenters. The maximum atomic E-state index is 10.5. The van der Waals surface area contributed by atoms with E-state index >= 15 is 0 Å². The zero-order valence-corrected chi connectivity index (χ0v) is 6.05. The number of rotatable bonds is 3. The van der Waals surface area contributed by atoms with Gasteiger partial charge in [-0.15, -0.1) is 0 Å². The highest BCUT2D eigenvalue weighted by molar-refractivity contribution is 6.10. The molecule has 0 bridgehead atoms. The van der Waals surface area contributed by atoms with E-state index in [-0.39, 0.29) is 11.3 Å². The lowest BCUT2D eigenvalue weighted by Gasteiger charge is -1.96. The number of carbonyl (C=O) groups is 2. The average molecular weight is 142 g/mol. The predicted molar refractivity (Wildman–Crippen MR) is 36.7 cm³/mol.